The monoisotopic (exact) mass is 472 g/mol. The van der Waals surface area contributed by atoms with E-state index in [4.69, 9.17) is 0 Å². The molecule has 9 heteroatoms. The lowest BCUT2D eigenvalue weighted by atomic mass is 10.1. The number of allylic oxidation sites excluding steroid dienone is 1. The first kappa shape index (κ1) is 22.6. The molecular formula is C24H19F3N2O3S. The van der Waals surface area contributed by atoms with E-state index in [0.29, 0.717) is 0 Å². The molecule has 0 fully saturated rings. The topological polar surface area (TPSA) is 66.5 Å². The summed E-state index contributed by atoms with van der Waals surface area (Å²) in [5, 5.41) is 2.55. The van der Waals surface area contributed by atoms with Gasteiger partial charge in [-0.05, 0) is 42.8 Å². The van der Waals surface area contributed by atoms with Crippen LogP contribution in [0, 0.1) is 6.92 Å². The highest BCUT2D eigenvalue weighted by Gasteiger charge is 2.40. The number of para-hydroxylation sites is 1. The Kier molecular flexibility index (Phi) is 5.75. The highest BCUT2D eigenvalue weighted by molar-refractivity contribution is 7.97. The number of rotatable bonds is 4. The maximum absolute atomic E-state index is 13.4. The van der Waals surface area contributed by atoms with Crippen molar-refractivity contribution in [2.45, 2.75) is 19.6 Å². The molecule has 5 nitrogen and oxygen atoms in total. The number of anilines is 2. The van der Waals surface area contributed by atoms with E-state index in [1.807, 2.05) is 19.1 Å². The van der Waals surface area contributed by atoms with Crippen molar-refractivity contribution in [1.82, 2.24) is 0 Å². The van der Waals surface area contributed by atoms with Gasteiger partial charge in [0.1, 0.15) is 0 Å². The smallest absolute Gasteiger partial charge is 0.360 e. The third-order valence-corrected chi connectivity index (χ3v) is 6.98. The Bertz CT molecular complexity index is 1350. The molecule has 0 unspecified atom stereocenters. The zero-order valence-corrected chi connectivity index (χ0v) is 18.2. The maximum Gasteiger partial charge on any atom is 0.416 e. The molecule has 0 radical (unpaired) electrons. The van der Waals surface area contributed by atoms with Gasteiger partial charge in [-0.1, -0.05) is 48.0 Å². The first-order valence-electron chi connectivity index (χ1n) is 9.93. The van der Waals surface area contributed by atoms with Crippen LogP contribution in [0.2, 0.25) is 0 Å². The molecule has 0 amide bonds. The van der Waals surface area contributed by atoms with Crippen LogP contribution in [0.1, 0.15) is 27.0 Å². The summed E-state index contributed by atoms with van der Waals surface area (Å²) in [5.74, 6) is -0.731. The minimum atomic E-state index is -4.55. The van der Waals surface area contributed by atoms with Crippen LogP contribution in [0.15, 0.2) is 83.9 Å². The third kappa shape index (κ3) is 4.49. The quantitative estimate of drug-likeness (QED) is 0.510. The van der Waals surface area contributed by atoms with Gasteiger partial charge in [0.15, 0.2) is 4.91 Å². The highest BCUT2D eigenvalue weighted by Crippen LogP contribution is 2.36. The minimum absolute atomic E-state index is 0.00395. The molecule has 0 saturated heterocycles. The van der Waals surface area contributed by atoms with Crippen LogP contribution >= 0.6 is 0 Å². The van der Waals surface area contributed by atoms with Crippen molar-refractivity contribution in [1.29, 1.82) is 0 Å². The number of hydrogen-bond donors (Lipinski definition) is 1. The van der Waals surface area contributed by atoms with Gasteiger partial charge in [0.25, 0.3) is 10.0 Å². The molecule has 0 bridgehead atoms. The molecule has 1 heterocycles. The van der Waals surface area contributed by atoms with Gasteiger partial charge in [0, 0.05) is 17.5 Å². The molecule has 0 aromatic heterocycles. The second kappa shape index (κ2) is 8.40. The lowest BCUT2D eigenvalue weighted by Gasteiger charge is -2.31. The number of nitrogens with zero attached hydrogens (tertiary/aromatic N) is 1. The second-order valence-corrected chi connectivity index (χ2v) is 9.41. The molecule has 1 aliphatic heterocycles. The average molecular weight is 472 g/mol. The van der Waals surface area contributed by atoms with Crippen LogP contribution in [0.5, 0.6) is 0 Å². The van der Waals surface area contributed by atoms with Crippen LogP contribution in [-0.4, -0.2) is 14.2 Å². The number of benzene rings is 3. The minimum Gasteiger partial charge on any atom is -0.360 e. The highest BCUT2D eigenvalue weighted by atomic mass is 32.2. The van der Waals surface area contributed by atoms with Crippen LogP contribution in [0.4, 0.5) is 24.5 Å². The number of halogens is 3. The van der Waals surface area contributed by atoms with Gasteiger partial charge in [-0.3, -0.25) is 9.10 Å². The fourth-order valence-corrected chi connectivity index (χ4v) is 5.01. The van der Waals surface area contributed by atoms with Gasteiger partial charge in [0.05, 0.1) is 17.8 Å². The number of Topliss-reactive ketones (excluding diaryl/α,β-unsaturated/α-hetero) is 1. The van der Waals surface area contributed by atoms with Crippen molar-refractivity contribution >= 4 is 27.2 Å². The summed E-state index contributed by atoms with van der Waals surface area (Å²) in [6.45, 7) is 1.91. The summed E-state index contributed by atoms with van der Waals surface area (Å²) >= 11 is 0. The largest absolute Gasteiger partial charge is 0.416 e. The normalized spacial score (nSPS) is 16.5. The molecule has 0 saturated carbocycles. The summed E-state index contributed by atoms with van der Waals surface area (Å²) in [6.07, 6.45) is -3.60. The Balaban J connectivity index is 1.74. The molecule has 3 aromatic carbocycles. The number of carbonyl (C=O) groups excluding carboxylic acids is 1. The average Bonchev–Trinajstić information content (AvgIpc) is 2.77. The van der Waals surface area contributed by atoms with Gasteiger partial charge in [-0.25, -0.2) is 8.42 Å². The number of sulfonamides is 1. The lowest BCUT2D eigenvalue weighted by molar-refractivity contribution is -0.137. The van der Waals surface area contributed by atoms with Crippen LogP contribution in [-0.2, 0) is 22.7 Å². The van der Waals surface area contributed by atoms with E-state index in [-0.39, 0.29) is 23.5 Å². The molecular weight excluding hydrogens is 453 g/mol. The summed E-state index contributed by atoms with van der Waals surface area (Å²) < 4.78 is 67.0. The summed E-state index contributed by atoms with van der Waals surface area (Å²) in [4.78, 5) is 12.5. The molecule has 0 spiro atoms. The van der Waals surface area contributed by atoms with Crippen molar-refractivity contribution in [2.75, 3.05) is 9.62 Å². The molecule has 0 aliphatic carbocycles. The number of carbonyl (C=O) groups is 1. The molecule has 3 aromatic rings. The number of aryl methyl sites for hydroxylation is 1. The van der Waals surface area contributed by atoms with Gasteiger partial charge in [-0.15, -0.1) is 0 Å². The van der Waals surface area contributed by atoms with Crippen molar-refractivity contribution in [2.24, 2.45) is 0 Å². The fourth-order valence-electron chi connectivity index (χ4n) is 3.48. The Morgan fingerprint density at radius 1 is 0.970 bits per heavy atom. The van der Waals surface area contributed by atoms with Crippen molar-refractivity contribution < 1.29 is 26.4 Å². The Labute approximate surface area is 189 Å². The second-order valence-electron chi connectivity index (χ2n) is 7.58. The van der Waals surface area contributed by atoms with Crippen molar-refractivity contribution in [3.8, 4) is 0 Å². The van der Waals surface area contributed by atoms with E-state index in [9.17, 15) is 26.4 Å². The molecule has 4 rings (SSSR count). The van der Waals surface area contributed by atoms with E-state index in [1.54, 1.807) is 30.3 Å². The Morgan fingerprint density at radius 3 is 2.36 bits per heavy atom. The Morgan fingerprint density at radius 2 is 1.67 bits per heavy atom. The summed E-state index contributed by atoms with van der Waals surface area (Å²) in [5.41, 5.74) is 1.29. The zero-order chi connectivity index (χ0) is 23.8. The third-order valence-electron chi connectivity index (χ3n) is 5.22. The Hall–Kier alpha value is -3.59. The zero-order valence-electron chi connectivity index (χ0n) is 17.4. The van der Waals surface area contributed by atoms with E-state index < -0.39 is 32.5 Å². The van der Waals surface area contributed by atoms with Crippen LogP contribution in [0.25, 0.3) is 0 Å². The standard InChI is InChI=1S/C24H19F3N2O3S/c1-16-9-11-17(12-10-16)15-29-21-8-3-2-7-20(21)23(30)22(33(29,31)32)14-28-19-6-4-5-18(13-19)24(25,26)27/h2-14,28H,15H2,1H3. The predicted molar refractivity (Wildman–Crippen MR) is 120 cm³/mol. The maximum atomic E-state index is 13.4. The number of hydrogen-bond acceptors (Lipinski definition) is 4. The number of alkyl halides is 3. The summed E-state index contributed by atoms with van der Waals surface area (Å²) in [6, 6.07) is 17.9. The molecule has 33 heavy (non-hydrogen) atoms. The first-order valence-corrected chi connectivity index (χ1v) is 11.4. The first-order chi connectivity index (χ1) is 15.6. The molecule has 1 N–H and O–H groups in total. The fraction of sp³-hybridized carbons (Fsp3) is 0.125. The lowest BCUT2D eigenvalue weighted by Crippen LogP contribution is -2.39. The van der Waals surface area contributed by atoms with Gasteiger partial charge in [-0.2, -0.15) is 13.2 Å². The van der Waals surface area contributed by atoms with Crippen molar-refractivity contribution in [3.05, 3.63) is 106 Å². The number of ketones is 1. The van der Waals surface area contributed by atoms with E-state index in [2.05, 4.69) is 5.32 Å². The molecule has 170 valence electrons. The van der Waals surface area contributed by atoms with Gasteiger partial charge < -0.3 is 5.32 Å². The number of nitrogens with one attached hydrogen (secondary N) is 1. The SMILES string of the molecule is Cc1ccc(CN2c3ccccc3C(=O)C(=CNc3cccc(C(F)(F)F)c3)S2(=O)=O)cc1. The van der Waals surface area contributed by atoms with Crippen LogP contribution in [0.3, 0.4) is 0 Å². The van der Waals surface area contributed by atoms with Gasteiger partial charge >= 0.3 is 6.18 Å². The molecule has 0 atom stereocenters. The van der Waals surface area contributed by atoms with Crippen molar-refractivity contribution in [3.63, 3.8) is 0 Å². The van der Waals surface area contributed by atoms with Gasteiger partial charge in [0.2, 0.25) is 5.78 Å². The predicted octanol–water partition coefficient (Wildman–Crippen LogP) is 5.50. The number of fused-ring (bicyclic) bond motifs is 1. The summed E-state index contributed by atoms with van der Waals surface area (Å²) in [7, 11) is -4.28. The van der Waals surface area contributed by atoms with E-state index in [0.717, 1.165) is 33.8 Å². The molecule has 1 aliphatic rings. The van der Waals surface area contributed by atoms with Crippen LogP contribution < -0.4 is 9.62 Å². The van der Waals surface area contributed by atoms with E-state index in [1.165, 1.54) is 18.2 Å². The van der Waals surface area contributed by atoms with E-state index >= 15 is 0 Å².